The molecule has 1 amide bonds. The van der Waals surface area contributed by atoms with Gasteiger partial charge in [0.05, 0.1) is 26.0 Å². The van der Waals surface area contributed by atoms with Crippen molar-refractivity contribution in [3.8, 4) is 5.75 Å². The van der Waals surface area contributed by atoms with E-state index in [2.05, 4.69) is 0 Å². The number of benzene rings is 1. The van der Waals surface area contributed by atoms with Crippen LogP contribution < -0.4 is 16.2 Å². The Balaban J connectivity index is 2.10. The first-order chi connectivity index (χ1) is 9.11. The van der Waals surface area contributed by atoms with E-state index in [4.69, 9.17) is 20.9 Å². The summed E-state index contributed by atoms with van der Waals surface area (Å²) in [6.07, 6.45) is 0. The summed E-state index contributed by atoms with van der Waals surface area (Å²) in [5.74, 6) is 0.290. The van der Waals surface area contributed by atoms with E-state index in [9.17, 15) is 4.79 Å². The lowest BCUT2D eigenvalue weighted by atomic mass is 10.1. The maximum Gasteiger partial charge on any atom is 0.237 e. The number of anilines is 1. The van der Waals surface area contributed by atoms with E-state index in [1.807, 2.05) is 23.1 Å². The molecule has 1 fully saturated rings. The summed E-state index contributed by atoms with van der Waals surface area (Å²) in [6, 6.07) is 5.23. The third-order valence-electron chi connectivity index (χ3n) is 3.25. The van der Waals surface area contributed by atoms with Crippen molar-refractivity contribution in [2.45, 2.75) is 12.6 Å². The first-order valence-corrected chi connectivity index (χ1v) is 6.15. The molecule has 0 spiro atoms. The number of carbonyl (C=O) groups excluding carboxylic acids is 1. The molecular weight excluding hydrogens is 246 g/mol. The zero-order valence-electron chi connectivity index (χ0n) is 11.0. The minimum absolute atomic E-state index is 0.348. The van der Waals surface area contributed by atoms with Gasteiger partial charge in [0, 0.05) is 13.1 Å². The highest BCUT2D eigenvalue weighted by Gasteiger charge is 2.27. The van der Waals surface area contributed by atoms with Crippen molar-refractivity contribution in [1.82, 2.24) is 4.90 Å². The third kappa shape index (κ3) is 3.15. The number of nitrogen functional groups attached to an aromatic ring is 1. The fourth-order valence-electron chi connectivity index (χ4n) is 2.21. The Morgan fingerprint density at radius 2 is 2.37 bits per heavy atom. The number of rotatable bonds is 4. The predicted octanol–water partition coefficient (Wildman–Crippen LogP) is -0.0365. The SMILES string of the molecule is COc1ccc(CN2CCOCC2C(N)=O)cc1N. The number of hydrogen-bond acceptors (Lipinski definition) is 5. The highest BCUT2D eigenvalue weighted by atomic mass is 16.5. The minimum atomic E-state index is -0.378. The number of methoxy groups -OCH3 is 1. The number of amides is 1. The van der Waals surface area contributed by atoms with Crippen molar-refractivity contribution in [3.05, 3.63) is 23.8 Å². The average Bonchev–Trinajstić information content (AvgIpc) is 2.39. The van der Waals surface area contributed by atoms with Crippen LogP contribution in [0.4, 0.5) is 5.69 Å². The van der Waals surface area contributed by atoms with Gasteiger partial charge in [-0.2, -0.15) is 0 Å². The number of primary amides is 1. The minimum Gasteiger partial charge on any atom is -0.495 e. The normalized spacial score (nSPS) is 20.2. The molecule has 6 heteroatoms. The van der Waals surface area contributed by atoms with Gasteiger partial charge in [-0.1, -0.05) is 6.07 Å². The first-order valence-electron chi connectivity index (χ1n) is 6.15. The van der Waals surface area contributed by atoms with Crippen LogP contribution in [0.25, 0.3) is 0 Å². The Bertz CT molecular complexity index is 464. The van der Waals surface area contributed by atoms with Crippen LogP contribution in [0.15, 0.2) is 18.2 Å². The van der Waals surface area contributed by atoms with Crippen LogP contribution in [0.5, 0.6) is 5.75 Å². The summed E-state index contributed by atoms with van der Waals surface area (Å²) >= 11 is 0. The van der Waals surface area contributed by atoms with Gasteiger partial charge in [-0.15, -0.1) is 0 Å². The number of morpholine rings is 1. The van der Waals surface area contributed by atoms with Gasteiger partial charge < -0.3 is 20.9 Å². The quantitative estimate of drug-likeness (QED) is 0.746. The van der Waals surface area contributed by atoms with E-state index in [1.165, 1.54) is 0 Å². The number of hydrogen-bond donors (Lipinski definition) is 2. The van der Waals surface area contributed by atoms with E-state index >= 15 is 0 Å². The molecule has 1 aliphatic heterocycles. The number of nitrogens with two attached hydrogens (primary N) is 2. The standard InChI is InChI=1S/C13H19N3O3/c1-18-12-3-2-9(6-10(12)14)7-16-4-5-19-8-11(16)13(15)17/h2-3,6,11H,4-5,7-8,14H2,1H3,(H2,15,17). The van der Waals surface area contributed by atoms with Gasteiger partial charge in [0.15, 0.2) is 0 Å². The maximum atomic E-state index is 11.4. The topological polar surface area (TPSA) is 90.8 Å². The van der Waals surface area contributed by atoms with Crippen molar-refractivity contribution in [2.75, 3.05) is 32.6 Å². The summed E-state index contributed by atoms with van der Waals surface area (Å²) < 4.78 is 10.4. The van der Waals surface area contributed by atoms with Crippen LogP contribution in [0, 0.1) is 0 Å². The summed E-state index contributed by atoms with van der Waals surface area (Å²) in [4.78, 5) is 13.4. The lowest BCUT2D eigenvalue weighted by Gasteiger charge is -2.33. The molecule has 1 unspecified atom stereocenters. The monoisotopic (exact) mass is 265 g/mol. The zero-order valence-corrected chi connectivity index (χ0v) is 11.0. The Kier molecular flexibility index (Phi) is 4.24. The molecule has 1 heterocycles. The third-order valence-corrected chi connectivity index (χ3v) is 3.25. The molecule has 0 radical (unpaired) electrons. The summed E-state index contributed by atoms with van der Waals surface area (Å²) in [7, 11) is 1.58. The molecule has 0 bridgehead atoms. The summed E-state index contributed by atoms with van der Waals surface area (Å²) in [5, 5.41) is 0. The molecule has 19 heavy (non-hydrogen) atoms. The fourth-order valence-corrected chi connectivity index (χ4v) is 2.21. The van der Waals surface area contributed by atoms with Crippen LogP contribution in [0.1, 0.15) is 5.56 Å². The van der Waals surface area contributed by atoms with Crippen molar-refractivity contribution >= 4 is 11.6 Å². The summed E-state index contributed by atoms with van der Waals surface area (Å²) in [6.45, 7) is 2.25. The zero-order chi connectivity index (χ0) is 13.8. The van der Waals surface area contributed by atoms with Gasteiger partial charge in [-0.25, -0.2) is 0 Å². The second kappa shape index (κ2) is 5.90. The molecule has 1 aliphatic rings. The molecule has 2 rings (SSSR count). The van der Waals surface area contributed by atoms with E-state index in [0.717, 1.165) is 5.56 Å². The van der Waals surface area contributed by atoms with Gasteiger partial charge in [-0.3, -0.25) is 9.69 Å². The molecule has 1 aromatic rings. The van der Waals surface area contributed by atoms with Crippen LogP contribution >= 0.6 is 0 Å². The van der Waals surface area contributed by atoms with E-state index in [1.54, 1.807) is 7.11 Å². The molecule has 1 aromatic carbocycles. The second-order valence-electron chi connectivity index (χ2n) is 4.54. The van der Waals surface area contributed by atoms with Crippen molar-refractivity contribution in [3.63, 3.8) is 0 Å². The van der Waals surface area contributed by atoms with Crippen molar-refractivity contribution in [2.24, 2.45) is 5.73 Å². The second-order valence-corrected chi connectivity index (χ2v) is 4.54. The van der Waals surface area contributed by atoms with Crippen LogP contribution in [-0.4, -0.2) is 43.7 Å². The van der Waals surface area contributed by atoms with Gasteiger partial charge in [0.1, 0.15) is 11.8 Å². The maximum absolute atomic E-state index is 11.4. The highest BCUT2D eigenvalue weighted by molar-refractivity contribution is 5.80. The molecule has 6 nitrogen and oxygen atoms in total. The number of ether oxygens (including phenoxy) is 2. The molecule has 4 N–H and O–H groups in total. The molecule has 0 saturated carbocycles. The largest absolute Gasteiger partial charge is 0.495 e. The Hall–Kier alpha value is -1.79. The highest BCUT2D eigenvalue weighted by Crippen LogP contribution is 2.23. The number of nitrogens with zero attached hydrogens (tertiary/aromatic N) is 1. The fraction of sp³-hybridized carbons (Fsp3) is 0.462. The van der Waals surface area contributed by atoms with E-state index in [-0.39, 0.29) is 11.9 Å². The number of carbonyl (C=O) groups is 1. The Labute approximate surface area is 112 Å². The smallest absolute Gasteiger partial charge is 0.237 e. The molecule has 1 saturated heterocycles. The molecule has 1 atom stereocenters. The molecule has 0 aromatic heterocycles. The van der Waals surface area contributed by atoms with Crippen LogP contribution in [-0.2, 0) is 16.1 Å². The molecule has 104 valence electrons. The predicted molar refractivity (Wildman–Crippen MR) is 71.6 cm³/mol. The first kappa shape index (κ1) is 13.6. The molecule has 0 aliphatic carbocycles. The van der Waals surface area contributed by atoms with E-state index in [0.29, 0.717) is 37.7 Å². The van der Waals surface area contributed by atoms with Gasteiger partial charge in [-0.05, 0) is 17.7 Å². The van der Waals surface area contributed by atoms with Gasteiger partial charge in [0.2, 0.25) is 5.91 Å². The summed E-state index contributed by atoms with van der Waals surface area (Å²) in [5.41, 5.74) is 12.9. The Morgan fingerprint density at radius 1 is 1.58 bits per heavy atom. The molecular formula is C13H19N3O3. The van der Waals surface area contributed by atoms with Gasteiger partial charge in [0.25, 0.3) is 0 Å². The van der Waals surface area contributed by atoms with Crippen LogP contribution in [0.2, 0.25) is 0 Å². The lowest BCUT2D eigenvalue weighted by molar-refractivity contribution is -0.129. The average molecular weight is 265 g/mol. The van der Waals surface area contributed by atoms with Crippen molar-refractivity contribution < 1.29 is 14.3 Å². The van der Waals surface area contributed by atoms with Crippen molar-refractivity contribution in [1.29, 1.82) is 0 Å². The van der Waals surface area contributed by atoms with Crippen LogP contribution in [0.3, 0.4) is 0 Å². The lowest BCUT2D eigenvalue weighted by Crippen LogP contribution is -2.51. The van der Waals surface area contributed by atoms with E-state index < -0.39 is 0 Å². The Morgan fingerprint density at radius 3 is 3.00 bits per heavy atom. The van der Waals surface area contributed by atoms with Gasteiger partial charge >= 0.3 is 0 Å².